The summed E-state index contributed by atoms with van der Waals surface area (Å²) in [4.78, 5) is 28.6. The molecule has 1 amide bonds. The van der Waals surface area contributed by atoms with Crippen LogP contribution in [0.5, 0.6) is 0 Å². The largest absolute Gasteiger partial charge is 0.448 e. The van der Waals surface area contributed by atoms with E-state index in [2.05, 4.69) is 60.6 Å². The lowest BCUT2D eigenvalue weighted by Crippen LogP contribution is -2.55. The third kappa shape index (κ3) is 4.02. The molecule has 2 atom stereocenters. The highest BCUT2D eigenvalue weighted by Crippen LogP contribution is 2.45. The van der Waals surface area contributed by atoms with Gasteiger partial charge in [-0.25, -0.2) is 4.79 Å². The zero-order valence-electron chi connectivity index (χ0n) is 20.8. The molecule has 0 N–H and O–H groups in total. The van der Waals surface area contributed by atoms with Crippen molar-refractivity contribution in [1.82, 2.24) is 14.7 Å². The third-order valence-electron chi connectivity index (χ3n) is 8.26. The minimum atomic E-state index is -0.228. The first-order valence-corrected chi connectivity index (χ1v) is 13.3. The molecule has 1 aromatic heterocycles. The Labute approximate surface area is 212 Å². The van der Waals surface area contributed by atoms with Gasteiger partial charge in [-0.05, 0) is 60.8 Å². The highest BCUT2D eigenvalue weighted by molar-refractivity contribution is 5.97. The molecule has 6 nitrogen and oxygen atoms in total. The average Bonchev–Trinajstić information content (AvgIpc) is 3.49. The van der Waals surface area contributed by atoms with Gasteiger partial charge >= 0.3 is 6.09 Å². The van der Waals surface area contributed by atoms with Crippen molar-refractivity contribution in [2.24, 2.45) is 5.92 Å². The second-order valence-electron chi connectivity index (χ2n) is 10.5. The van der Waals surface area contributed by atoms with Crippen molar-refractivity contribution < 1.29 is 14.3 Å². The lowest BCUT2D eigenvalue weighted by atomic mass is 9.76. The van der Waals surface area contributed by atoms with E-state index in [9.17, 15) is 9.59 Å². The summed E-state index contributed by atoms with van der Waals surface area (Å²) in [5.74, 6) is 0.165. The smallest absolute Gasteiger partial charge is 0.410 e. The maximum absolute atomic E-state index is 13.4. The molecule has 3 aromatic rings. The number of rotatable bonds is 6. The number of nitrogens with zero attached hydrogens (tertiary/aromatic N) is 3. The SMILES string of the molecule is CCCn1cc(C(=O)C2CC3CCCC(C2)N3C(=O)OCC2c3ccccc3-c3ccccc32)cn1. The summed E-state index contributed by atoms with van der Waals surface area (Å²) >= 11 is 0. The van der Waals surface area contributed by atoms with E-state index in [0.717, 1.165) is 32.2 Å². The summed E-state index contributed by atoms with van der Waals surface area (Å²) < 4.78 is 7.86. The predicted molar refractivity (Wildman–Crippen MR) is 138 cm³/mol. The molecule has 6 rings (SSSR count). The van der Waals surface area contributed by atoms with Crippen LogP contribution in [0.3, 0.4) is 0 Å². The van der Waals surface area contributed by atoms with Crippen LogP contribution in [0.2, 0.25) is 0 Å². The van der Waals surface area contributed by atoms with E-state index in [1.165, 1.54) is 22.3 Å². The van der Waals surface area contributed by atoms with E-state index >= 15 is 0 Å². The summed E-state index contributed by atoms with van der Waals surface area (Å²) in [6.07, 6.45) is 8.70. The maximum atomic E-state index is 13.4. The second-order valence-corrected chi connectivity index (χ2v) is 10.5. The van der Waals surface area contributed by atoms with Crippen molar-refractivity contribution in [2.75, 3.05) is 6.61 Å². The Morgan fingerprint density at radius 1 is 0.972 bits per heavy atom. The van der Waals surface area contributed by atoms with Gasteiger partial charge in [0, 0.05) is 36.7 Å². The number of hydrogen-bond acceptors (Lipinski definition) is 4. The summed E-state index contributed by atoms with van der Waals surface area (Å²) in [6, 6.07) is 16.9. The van der Waals surface area contributed by atoms with Crippen LogP contribution in [0, 0.1) is 5.92 Å². The van der Waals surface area contributed by atoms with Gasteiger partial charge < -0.3 is 9.64 Å². The van der Waals surface area contributed by atoms with E-state index in [0.29, 0.717) is 25.0 Å². The summed E-state index contributed by atoms with van der Waals surface area (Å²) in [5, 5.41) is 4.34. The van der Waals surface area contributed by atoms with Crippen molar-refractivity contribution in [1.29, 1.82) is 0 Å². The number of ether oxygens (including phenoxy) is 1. The number of Topliss-reactive ketones (excluding diaryl/α,β-unsaturated/α-hetero) is 1. The number of fused-ring (bicyclic) bond motifs is 5. The first-order valence-electron chi connectivity index (χ1n) is 13.3. The van der Waals surface area contributed by atoms with Gasteiger partial charge in [-0.3, -0.25) is 9.48 Å². The van der Waals surface area contributed by atoms with E-state index in [1.807, 2.05) is 15.8 Å². The van der Waals surface area contributed by atoms with E-state index in [1.54, 1.807) is 6.20 Å². The Hall–Kier alpha value is -3.41. The molecule has 186 valence electrons. The molecule has 0 radical (unpaired) electrons. The molecule has 1 aliphatic carbocycles. The van der Waals surface area contributed by atoms with Crippen LogP contribution >= 0.6 is 0 Å². The fourth-order valence-electron chi connectivity index (χ4n) is 6.64. The molecular weight excluding hydrogens is 450 g/mol. The Morgan fingerprint density at radius 3 is 2.25 bits per heavy atom. The van der Waals surface area contributed by atoms with Crippen LogP contribution < -0.4 is 0 Å². The van der Waals surface area contributed by atoms with Crippen LogP contribution in [0.25, 0.3) is 11.1 Å². The molecule has 2 bridgehead atoms. The van der Waals surface area contributed by atoms with Crippen LogP contribution in [-0.2, 0) is 11.3 Å². The van der Waals surface area contributed by atoms with Gasteiger partial charge in [-0.15, -0.1) is 0 Å². The van der Waals surface area contributed by atoms with Gasteiger partial charge in [0.2, 0.25) is 0 Å². The molecule has 0 spiro atoms. The van der Waals surface area contributed by atoms with Crippen molar-refractivity contribution in [3.63, 3.8) is 0 Å². The van der Waals surface area contributed by atoms with Gasteiger partial charge in [0.1, 0.15) is 6.61 Å². The molecule has 2 aromatic carbocycles. The number of aromatic nitrogens is 2. The first-order chi connectivity index (χ1) is 17.6. The zero-order valence-corrected chi connectivity index (χ0v) is 20.8. The minimum Gasteiger partial charge on any atom is -0.448 e. The summed E-state index contributed by atoms with van der Waals surface area (Å²) in [6.45, 7) is 3.25. The second kappa shape index (κ2) is 9.57. The van der Waals surface area contributed by atoms with Gasteiger partial charge in [0.25, 0.3) is 0 Å². The number of carbonyl (C=O) groups excluding carboxylic acids is 2. The molecule has 36 heavy (non-hydrogen) atoms. The van der Waals surface area contributed by atoms with E-state index < -0.39 is 0 Å². The molecular formula is C30H33N3O3. The molecule has 0 saturated carbocycles. The molecule has 2 unspecified atom stereocenters. The van der Waals surface area contributed by atoms with Crippen LogP contribution in [0.15, 0.2) is 60.9 Å². The van der Waals surface area contributed by atoms with Crippen LogP contribution in [0.1, 0.15) is 72.9 Å². The van der Waals surface area contributed by atoms with E-state index in [4.69, 9.17) is 4.74 Å². The lowest BCUT2D eigenvalue weighted by Gasteiger charge is -2.47. The molecule has 2 aliphatic heterocycles. The van der Waals surface area contributed by atoms with Crippen LogP contribution in [-0.4, -0.2) is 45.2 Å². The van der Waals surface area contributed by atoms with Crippen LogP contribution in [0.4, 0.5) is 4.79 Å². The topological polar surface area (TPSA) is 64.4 Å². The number of hydrogen-bond donors (Lipinski definition) is 0. The number of ketones is 1. The lowest BCUT2D eigenvalue weighted by molar-refractivity contribution is 0.00651. The number of aryl methyl sites for hydroxylation is 1. The third-order valence-corrected chi connectivity index (χ3v) is 8.26. The van der Waals surface area contributed by atoms with Crippen molar-refractivity contribution in [3.05, 3.63) is 77.6 Å². The highest BCUT2D eigenvalue weighted by atomic mass is 16.6. The van der Waals surface area contributed by atoms with Crippen molar-refractivity contribution in [3.8, 4) is 11.1 Å². The van der Waals surface area contributed by atoms with Crippen molar-refractivity contribution in [2.45, 2.75) is 70.0 Å². The predicted octanol–water partition coefficient (Wildman–Crippen LogP) is 6.06. The standard InChI is InChI=1S/C30H33N3O3/c1-2-14-32-18-21(17-31-32)29(34)20-15-22-8-7-9-23(16-20)33(22)30(35)36-19-28-26-12-5-3-10-24(26)25-11-4-6-13-27(25)28/h3-6,10-13,17-18,20,22-23,28H,2,7-9,14-16,19H2,1H3. The Kier molecular flexibility index (Phi) is 6.12. The molecule has 3 heterocycles. The normalized spacial score (nSPS) is 22.7. The van der Waals surface area contributed by atoms with Gasteiger partial charge in [0.05, 0.1) is 11.8 Å². The molecule has 2 saturated heterocycles. The highest BCUT2D eigenvalue weighted by Gasteiger charge is 2.44. The van der Waals surface area contributed by atoms with Gasteiger partial charge in [-0.1, -0.05) is 55.5 Å². The fourth-order valence-corrected chi connectivity index (χ4v) is 6.64. The number of piperidine rings is 2. The summed E-state index contributed by atoms with van der Waals surface area (Å²) in [5.41, 5.74) is 5.60. The number of amides is 1. The first kappa shape index (κ1) is 23.0. The maximum Gasteiger partial charge on any atom is 0.410 e. The Balaban J connectivity index is 1.14. The number of carbonyl (C=O) groups is 2. The minimum absolute atomic E-state index is 0.0555. The zero-order chi connectivity index (χ0) is 24.6. The monoisotopic (exact) mass is 483 g/mol. The van der Waals surface area contributed by atoms with Crippen molar-refractivity contribution >= 4 is 11.9 Å². The Bertz CT molecular complexity index is 1220. The van der Waals surface area contributed by atoms with Gasteiger partial charge in [-0.2, -0.15) is 5.10 Å². The Morgan fingerprint density at radius 2 is 1.61 bits per heavy atom. The summed E-state index contributed by atoms with van der Waals surface area (Å²) in [7, 11) is 0. The van der Waals surface area contributed by atoms with E-state index in [-0.39, 0.29) is 35.8 Å². The average molecular weight is 484 g/mol. The molecule has 3 aliphatic rings. The molecule has 6 heteroatoms. The van der Waals surface area contributed by atoms with Gasteiger partial charge in [0.15, 0.2) is 5.78 Å². The fraction of sp³-hybridized carbons (Fsp3) is 0.433. The number of benzene rings is 2. The molecule has 2 fully saturated rings. The quantitative estimate of drug-likeness (QED) is 0.400.